The number of aromatic nitrogens is 1. The second kappa shape index (κ2) is 7.71. The van der Waals surface area contributed by atoms with E-state index in [4.69, 9.17) is 10.5 Å². The van der Waals surface area contributed by atoms with Crippen LogP contribution in [-0.4, -0.2) is 11.2 Å². The van der Waals surface area contributed by atoms with E-state index in [0.29, 0.717) is 18.2 Å². The van der Waals surface area contributed by atoms with Crippen LogP contribution in [0.1, 0.15) is 19.8 Å². The Labute approximate surface area is 147 Å². The lowest BCUT2D eigenvalue weighted by Gasteiger charge is -2.14. The zero-order valence-electron chi connectivity index (χ0n) is 14.3. The molecule has 3 rings (SSSR count). The molecule has 4 nitrogen and oxygen atoms in total. The van der Waals surface area contributed by atoms with E-state index in [-0.39, 0.29) is 5.43 Å². The summed E-state index contributed by atoms with van der Waals surface area (Å²) < 4.78 is 7.41. The molecule has 0 atom stereocenters. The molecule has 2 aromatic carbocycles. The summed E-state index contributed by atoms with van der Waals surface area (Å²) in [7, 11) is 0. The normalized spacial score (nSPS) is 10.6. The van der Waals surface area contributed by atoms with Gasteiger partial charge in [0, 0.05) is 11.8 Å². The van der Waals surface area contributed by atoms with Crippen LogP contribution in [-0.2, 0) is 0 Å². The van der Waals surface area contributed by atoms with E-state index in [1.54, 1.807) is 10.8 Å². The van der Waals surface area contributed by atoms with E-state index < -0.39 is 0 Å². The molecule has 0 unspecified atom stereocenters. The Kier molecular flexibility index (Phi) is 5.19. The van der Waals surface area contributed by atoms with E-state index in [2.05, 4.69) is 25.1 Å². The fourth-order valence-corrected chi connectivity index (χ4v) is 2.65. The summed E-state index contributed by atoms with van der Waals surface area (Å²) >= 11 is 0. The zero-order chi connectivity index (χ0) is 17.6. The van der Waals surface area contributed by atoms with Crippen LogP contribution in [0.15, 0.2) is 71.7 Å². The van der Waals surface area contributed by atoms with Crippen molar-refractivity contribution in [3.05, 3.63) is 77.1 Å². The average Bonchev–Trinajstić information content (AvgIpc) is 2.64. The van der Waals surface area contributed by atoms with Crippen LogP contribution in [0.4, 0.5) is 5.82 Å². The molecular formula is C21H22N2O2. The first-order chi connectivity index (χ1) is 12.2. The predicted molar refractivity (Wildman–Crippen MR) is 102 cm³/mol. The van der Waals surface area contributed by atoms with E-state index in [9.17, 15) is 4.79 Å². The summed E-state index contributed by atoms with van der Waals surface area (Å²) in [5.41, 5.74) is 8.99. The molecule has 0 amide bonds. The maximum atomic E-state index is 12.1. The van der Waals surface area contributed by atoms with Gasteiger partial charge in [-0.3, -0.25) is 9.36 Å². The van der Waals surface area contributed by atoms with Gasteiger partial charge in [0.05, 0.1) is 12.8 Å². The van der Waals surface area contributed by atoms with Gasteiger partial charge in [-0.25, -0.2) is 0 Å². The fourth-order valence-electron chi connectivity index (χ4n) is 2.65. The number of anilines is 1. The third-order valence-electron chi connectivity index (χ3n) is 4.03. The van der Waals surface area contributed by atoms with Crippen LogP contribution in [0, 0.1) is 0 Å². The van der Waals surface area contributed by atoms with Gasteiger partial charge in [-0.15, -0.1) is 0 Å². The van der Waals surface area contributed by atoms with Gasteiger partial charge in [0.1, 0.15) is 5.82 Å². The molecule has 0 fully saturated rings. The Balaban J connectivity index is 1.99. The fraction of sp³-hybridized carbons (Fsp3) is 0.190. The molecule has 0 aliphatic heterocycles. The Bertz CT molecular complexity index is 901. The molecule has 1 aromatic heterocycles. The second-order valence-electron chi connectivity index (χ2n) is 5.92. The Hall–Kier alpha value is -3.01. The molecule has 0 aliphatic carbocycles. The quantitative estimate of drug-likeness (QED) is 0.685. The first kappa shape index (κ1) is 16.8. The first-order valence-corrected chi connectivity index (χ1v) is 8.50. The molecular weight excluding hydrogens is 312 g/mol. The molecule has 4 heteroatoms. The van der Waals surface area contributed by atoms with Crippen molar-refractivity contribution in [1.82, 2.24) is 4.57 Å². The number of benzene rings is 2. The second-order valence-corrected chi connectivity index (χ2v) is 5.92. The third-order valence-corrected chi connectivity index (χ3v) is 4.03. The predicted octanol–water partition coefficient (Wildman–Crippen LogP) is 4.27. The molecule has 0 saturated heterocycles. The summed E-state index contributed by atoms with van der Waals surface area (Å²) in [6, 6.07) is 19.6. The minimum Gasteiger partial charge on any atom is -0.488 e. The molecule has 3 aromatic rings. The van der Waals surface area contributed by atoms with Crippen LogP contribution in [0.2, 0.25) is 0 Å². The van der Waals surface area contributed by atoms with Crippen molar-refractivity contribution in [2.75, 3.05) is 12.3 Å². The summed E-state index contributed by atoms with van der Waals surface area (Å²) in [5, 5.41) is 0. The topological polar surface area (TPSA) is 57.2 Å². The van der Waals surface area contributed by atoms with Crippen molar-refractivity contribution in [3.63, 3.8) is 0 Å². The summed E-state index contributed by atoms with van der Waals surface area (Å²) in [6.07, 6.45) is 3.60. The van der Waals surface area contributed by atoms with Gasteiger partial charge in [-0.05, 0) is 29.7 Å². The summed E-state index contributed by atoms with van der Waals surface area (Å²) in [6.45, 7) is 2.61. The van der Waals surface area contributed by atoms with Crippen LogP contribution in [0.25, 0.3) is 16.8 Å². The van der Waals surface area contributed by atoms with Gasteiger partial charge in [0.25, 0.3) is 0 Å². The highest BCUT2D eigenvalue weighted by atomic mass is 16.5. The van der Waals surface area contributed by atoms with Crippen molar-refractivity contribution in [1.29, 1.82) is 0 Å². The van der Waals surface area contributed by atoms with Crippen molar-refractivity contribution in [3.8, 4) is 22.6 Å². The lowest BCUT2D eigenvalue weighted by atomic mass is 10.1. The van der Waals surface area contributed by atoms with Crippen molar-refractivity contribution in [2.24, 2.45) is 0 Å². The molecule has 0 bridgehead atoms. The highest BCUT2D eigenvalue weighted by Crippen LogP contribution is 2.23. The van der Waals surface area contributed by atoms with Gasteiger partial charge in [-0.1, -0.05) is 55.8 Å². The van der Waals surface area contributed by atoms with Crippen LogP contribution in [0.3, 0.4) is 0 Å². The smallest absolute Gasteiger partial charge is 0.225 e. The maximum Gasteiger partial charge on any atom is 0.225 e. The van der Waals surface area contributed by atoms with Crippen molar-refractivity contribution >= 4 is 5.82 Å². The molecule has 1 heterocycles. The standard InChI is InChI=1S/C21H22N2O2/c1-2-3-12-25-20-15-23(21(22)14-19(20)24)18-11-7-10-17(13-18)16-8-5-4-6-9-16/h4-11,13-15H,2-3,12,22H2,1H3. The molecule has 2 N–H and O–H groups in total. The maximum absolute atomic E-state index is 12.1. The number of ether oxygens (including phenoxy) is 1. The summed E-state index contributed by atoms with van der Waals surface area (Å²) in [4.78, 5) is 12.1. The Morgan fingerprint density at radius 3 is 2.52 bits per heavy atom. The third kappa shape index (κ3) is 3.91. The van der Waals surface area contributed by atoms with Crippen molar-refractivity contribution in [2.45, 2.75) is 19.8 Å². The van der Waals surface area contributed by atoms with Gasteiger partial charge < -0.3 is 10.5 Å². The summed E-state index contributed by atoms with van der Waals surface area (Å²) in [5.74, 6) is 0.714. The number of nitrogens with two attached hydrogens (primary N) is 1. The number of nitrogen functional groups attached to an aromatic ring is 1. The number of hydrogen-bond acceptors (Lipinski definition) is 3. The lowest BCUT2D eigenvalue weighted by Crippen LogP contribution is -2.14. The molecule has 25 heavy (non-hydrogen) atoms. The SMILES string of the molecule is CCCCOc1cn(-c2cccc(-c3ccccc3)c2)c(N)cc1=O. The van der Waals surface area contributed by atoms with Crippen LogP contribution < -0.4 is 15.9 Å². The lowest BCUT2D eigenvalue weighted by molar-refractivity contribution is 0.305. The van der Waals surface area contributed by atoms with E-state index in [0.717, 1.165) is 29.7 Å². The Morgan fingerprint density at radius 1 is 1.00 bits per heavy atom. The molecule has 0 radical (unpaired) electrons. The molecule has 0 aliphatic rings. The minimum atomic E-state index is -0.191. The molecule has 0 spiro atoms. The van der Waals surface area contributed by atoms with Gasteiger partial charge >= 0.3 is 0 Å². The minimum absolute atomic E-state index is 0.191. The van der Waals surface area contributed by atoms with Gasteiger partial charge in [0.2, 0.25) is 5.43 Å². The highest BCUT2D eigenvalue weighted by molar-refractivity contribution is 5.66. The van der Waals surface area contributed by atoms with Crippen LogP contribution >= 0.6 is 0 Å². The van der Waals surface area contributed by atoms with Crippen LogP contribution in [0.5, 0.6) is 5.75 Å². The number of rotatable bonds is 6. The number of pyridine rings is 1. The average molecular weight is 334 g/mol. The molecule has 128 valence electrons. The van der Waals surface area contributed by atoms with E-state index in [1.807, 2.05) is 36.4 Å². The van der Waals surface area contributed by atoms with Crippen molar-refractivity contribution < 1.29 is 4.74 Å². The van der Waals surface area contributed by atoms with E-state index in [1.165, 1.54) is 6.07 Å². The number of hydrogen-bond donors (Lipinski definition) is 1. The van der Waals surface area contributed by atoms with Gasteiger partial charge in [0.15, 0.2) is 5.75 Å². The Morgan fingerprint density at radius 2 is 1.76 bits per heavy atom. The zero-order valence-corrected chi connectivity index (χ0v) is 14.3. The number of nitrogens with zero attached hydrogens (tertiary/aromatic N) is 1. The van der Waals surface area contributed by atoms with Gasteiger partial charge in [-0.2, -0.15) is 0 Å². The number of unbranched alkanes of at least 4 members (excludes halogenated alkanes) is 1. The molecule has 0 saturated carbocycles. The largest absolute Gasteiger partial charge is 0.488 e. The first-order valence-electron chi connectivity index (χ1n) is 8.50. The van der Waals surface area contributed by atoms with E-state index >= 15 is 0 Å². The monoisotopic (exact) mass is 334 g/mol. The highest BCUT2D eigenvalue weighted by Gasteiger charge is 2.08.